The van der Waals surface area contributed by atoms with Gasteiger partial charge in [0.1, 0.15) is 0 Å². The molecule has 0 aromatic heterocycles. The summed E-state index contributed by atoms with van der Waals surface area (Å²) in [4.78, 5) is 2.31. The molecule has 0 fully saturated rings. The van der Waals surface area contributed by atoms with Crippen LogP contribution in [0.2, 0.25) is 0 Å². The minimum absolute atomic E-state index is 0.103. The number of rotatable bonds is 10. The molecule has 4 heteroatoms. The zero-order valence-electron chi connectivity index (χ0n) is 9.37. The average Bonchev–Trinajstić information content (AvgIpc) is 2.20. The second kappa shape index (κ2) is 10.9. The van der Waals surface area contributed by atoms with Gasteiger partial charge in [0, 0.05) is 20.2 Å². The molecule has 0 spiro atoms. The first kappa shape index (κ1) is 13.8. The molecule has 0 aromatic carbocycles. The lowest BCUT2D eigenvalue weighted by molar-refractivity contribution is 0.0659. The lowest BCUT2D eigenvalue weighted by atomic mass is 10.4. The summed E-state index contributed by atoms with van der Waals surface area (Å²) in [5, 5.41) is 8.52. The van der Waals surface area contributed by atoms with Crippen LogP contribution in [0, 0.1) is 0 Å². The molecule has 0 amide bonds. The molecule has 86 valence electrons. The van der Waals surface area contributed by atoms with E-state index in [1.54, 1.807) is 7.11 Å². The van der Waals surface area contributed by atoms with Crippen molar-refractivity contribution in [1.82, 2.24) is 4.90 Å². The molecule has 14 heavy (non-hydrogen) atoms. The van der Waals surface area contributed by atoms with Gasteiger partial charge >= 0.3 is 0 Å². The van der Waals surface area contributed by atoms with Crippen LogP contribution in [-0.2, 0) is 9.47 Å². The standard InChI is InChI=1S/C10H23NO3/c1-3-4-11(5-8-13-2)6-9-14-10-7-12/h12H,3-10H2,1-2H3. The van der Waals surface area contributed by atoms with Crippen molar-refractivity contribution in [1.29, 1.82) is 0 Å². The van der Waals surface area contributed by atoms with Gasteiger partial charge in [-0.3, -0.25) is 4.90 Å². The minimum Gasteiger partial charge on any atom is -0.394 e. The SMILES string of the molecule is CCCN(CCOC)CCOCCO. The lowest BCUT2D eigenvalue weighted by Gasteiger charge is -2.20. The molecule has 0 atom stereocenters. The van der Waals surface area contributed by atoms with Gasteiger partial charge < -0.3 is 14.6 Å². The number of aliphatic hydroxyl groups excluding tert-OH is 1. The Labute approximate surface area is 86.8 Å². The monoisotopic (exact) mass is 205 g/mol. The molecule has 0 aliphatic heterocycles. The Bertz CT molecular complexity index is 112. The van der Waals surface area contributed by atoms with Crippen LogP contribution in [0.15, 0.2) is 0 Å². The second-order valence-electron chi connectivity index (χ2n) is 3.17. The van der Waals surface area contributed by atoms with E-state index in [9.17, 15) is 0 Å². The molecule has 0 aliphatic rings. The summed E-state index contributed by atoms with van der Waals surface area (Å²) in [5.74, 6) is 0. The van der Waals surface area contributed by atoms with Crippen molar-refractivity contribution in [3.05, 3.63) is 0 Å². The molecular weight excluding hydrogens is 182 g/mol. The molecule has 0 heterocycles. The highest BCUT2D eigenvalue weighted by Gasteiger charge is 2.02. The number of hydrogen-bond acceptors (Lipinski definition) is 4. The van der Waals surface area contributed by atoms with Gasteiger partial charge in [0.2, 0.25) is 0 Å². The fraction of sp³-hybridized carbons (Fsp3) is 1.00. The Kier molecular flexibility index (Phi) is 10.8. The second-order valence-corrected chi connectivity index (χ2v) is 3.17. The molecule has 1 N–H and O–H groups in total. The van der Waals surface area contributed by atoms with Crippen LogP contribution in [-0.4, -0.2) is 63.2 Å². The van der Waals surface area contributed by atoms with Crippen LogP contribution < -0.4 is 0 Å². The van der Waals surface area contributed by atoms with Crippen molar-refractivity contribution < 1.29 is 14.6 Å². The summed E-state index contributed by atoms with van der Waals surface area (Å²) in [5.41, 5.74) is 0. The molecule has 0 aromatic rings. The third-order valence-electron chi connectivity index (χ3n) is 1.94. The van der Waals surface area contributed by atoms with Crippen molar-refractivity contribution in [2.45, 2.75) is 13.3 Å². The van der Waals surface area contributed by atoms with Gasteiger partial charge in [0.05, 0.1) is 26.4 Å². The van der Waals surface area contributed by atoms with Gasteiger partial charge in [-0.15, -0.1) is 0 Å². The van der Waals surface area contributed by atoms with E-state index in [1.807, 2.05) is 0 Å². The lowest BCUT2D eigenvalue weighted by Crippen LogP contribution is -2.31. The van der Waals surface area contributed by atoms with Crippen LogP contribution in [0.3, 0.4) is 0 Å². The van der Waals surface area contributed by atoms with Crippen molar-refractivity contribution in [3.63, 3.8) is 0 Å². The summed E-state index contributed by atoms with van der Waals surface area (Å²) in [7, 11) is 1.71. The molecule has 0 aliphatic carbocycles. The predicted molar refractivity (Wildman–Crippen MR) is 56.5 cm³/mol. The zero-order valence-corrected chi connectivity index (χ0v) is 9.37. The van der Waals surface area contributed by atoms with Crippen molar-refractivity contribution in [2.24, 2.45) is 0 Å². The number of hydrogen-bond donors (Lipinski definition) is 1. The maximum atomic E-state index is 8.52. The summed E-state index contributed by atoms with van der Waals surface area (Å²) in [6, 6.07) is 0. The highest BCUT2D eigenvalue weighted by atomic mass is 16.5. The zero-order chi connectivity index (χ0) is 10.6. The summed E-state index contributed by atoms with van der Waals surface area (Å²) in [6.45, 7) is 7.09. The van der Waals surface area contributed by atoms with E-state index in [0.717, 1.165) is 32.7 Å². The van der Waals surface area contributed by atoms with E-state index in [1.165, 1.54) is 0 Å². The normalized spacial score (nSPS) is 11.1. The van der Waals surface area contributed by atoms with Gasteiger partial charge in [0.25, 0.3) is 0 Å². The largest absolute Gasteiger partial charge is 0.394 e. The van der Waals surface area contributed by atoms with Crippen molar-refractivity contribution in [2.75, 3.05) is 53.2 Å². The quantitative estimate of drug-likeness (QED) is 0.523. The van der Waals surface area contributed by atoms with Gasteiger partial charge in [0.15, 0.2) is 0 Å². The van der Waals surface area contributed by atoms with E-state index in [2.05, 4.69) is 11.8 Å². The van der Waals surface area contributed by atoms with E-state index >= 15 is 0 Å². The highest BCUT2D eigenvalue weighted by Crippen LogP contribution is 1.91. The Hall–Kier alpha value is -0.160. The fourth-order valence-electron chi connectivity index (χ4n) is 1.23. The van der Waals surface area contributed by atoms with Gasteiger partial charge in [-0.25, -0.2) is 0 Å². The van der Waals surface area contributed by atoms with E-state index in [4.69, 9.17) is 14.6 Å². The van der Waals surface area contributed by atoms with Crippen LogP contribution in [0.4, 0.5) is 0 Å². The molecule has 0 bridgehead atoms. The van der Waals surface area contributed by atoms with E-state index in [-0.39, 0.29) is 6.61 Å². The van der Waals surface area contributed by atoms with Gasteiger partial charge in [-0.05, 0) is 13.0 Å². The van der Waals surface area contributed by atoms with Crippen LogP contribution in [0.5, 0.6) is 0 Å². The minimum atomic E-state index is 0.103. The van der Waals surface area contributed by atoms with E-state index in [0.29, 0.717) is 13.2 Å². The van der Waals surface area contributed by atoms with Crippen LogP contribution in [0.25, 0.3) is 0 Å². The average molecular weight is 205 g/mol. The molecule has 4 nitrogen and oxygen atoms in total. The Morgan fingerprint density at radius 3 is 2.36 bits per heavy atom. The molecule has 0 saturated heterocycles. The third-order valence-corrected chi connectivity index (χ3v) is 1.94. The predicted octanol–water partition coefficient (Wildman–Crippen LogP) is 0.354. The summed E-state index contributed by atoms with van der Waals surface area (Å²) in [6.07, 6.45) is 1.14. The Morgan fingerprint density at radius 1 is 1.07 bits per heavy atom. The first-order valence-electron chi connectivity index (χ1n) is 5.25. The van der Waals surface area contributed by atoms with Crippen molar-refractivity contribution >= 4 is 0 Å². The van der Waals surface area contributed by atoms with Crippen LogP contribution in [0.1, 0.15) is 13.3 Å². The molecule has 0 radical (unpaired) electrons. The summed E-state index contributed by atoms with van der Waals surface area (Å²) >= 11 is 0. The van der Waals surface area contributed by atoms with Gasteiger partial charge in [-0.2, -0.15) is 0 Å². The number of nitrogens with zero attached hydrogens (tertiary/aromatic N) is 1. The Morgan fingerprint density at radius 2 is 1.79 bits per heavy atom. The van der Waals surface area contributed by atoms with Gasteiger partial charge in [-0.1, -0.05) is 6.92 Å². The Balaban J connectivity index is 3.40. The smallest absolute Gasteiger partial charge is 0.0698 e. The molecule has 0 unspecified atom stereocenters. The first-order chi connectivity index (χ1) is 6.85. The van der Waals surface area contributed by atoms with Crippen LogP contribution >= 0.6 is 0 Å². The molecular formula is C10H23NO3. The first-order valence-corrected chi connectivity index (χ1v) is 5.25. The topological polar surface area (TPSA) is 41.9 Å². The molecule has 0 rings (SSSR count). The van der Waals surface area contributed by atoms with Crippen molar-refractivity contribution in [3.8, 4) is 0 Å². The maximum Gasteiger partial charge on any atom is 0.0698 e. The molecule has 0 saturated carbocycles. The summed E-state index contributed by atoms with van der Waals surface area (Å²) < 4.78 is 10.2. The number of methoxy groups -OCH3 is 1. The van der Waals surface area contributed by atoms with E-state index < -0.39 is 0 Å². The highest BCUT2D eigenvalue weighted by molar-refractivity contribution is 4.55. The third kappa shape index (κ3) is 8.44. The number of ether oxygens (including phenoxy) is 2. The number of aliphatic hydroxyl groups is 1. The fourth-order valence-corrected chi connectivity index (χ4v) is 1.23. The maximum absolute atomic E-state index is 8.52.